The fourth-order valence-electron chi connectivity index (χ4n) is 4.07. The minimum Gasteiger partial charge on any atom is -0.454 e. The molecule has 152 valence electrons. The van der Waals surface area contributed by atoms with Crippen LogP contribution in [0.25, 0.3) is 0 Å². The maximum Gasteiger partial charge on any atom is 0.254 e. The molecule has 2 aliphatic rings. The van der Waals surface area contributed by atoms with E-state index in [0.717, 1.165) is 10.4 Å². The van der Waals surface area contributed by atoms with E-state index in [9.17, 15) is 9.59 Å². The van der Waals surface area contributed by atoms with Gasteiger partial charge in [0.15, 0.2) is 16.6 Å². The summed E-state index contributed by atoms with van der Waals surface area (Å²) < 4.78 is 10.9. The number of fused-ring (bicyclic) bond motifs is 2. The molecule has 2 amide bonds. The molecule has 0 fully saturated rings. The number of nitrogens with zero attached hydrogens (tertiary/aromatic N) is 2. The molecule has 2 atom stereocenters. The highest BCUT2D eigenvalue weighted by Crippen LogP contribution is 2.45. The maximum absolute atomic E-state index is 13.5. The highest BCUT2D eigenvalue weighted by molar-refractivity contribution is 7.15. The number of rotatable bonds is 3. The summed E-state index contributed by atoms with van der Waals surface area (Å²) in [6, 6.07) is 12.3. The van der Waals surface area contributed by atoms with Crippen LogP contribution in [0.4, 0.5) is 5.13 Å². The molecule has 5 rings (SSSR count). The molecule has 0 radical (unpaired) electrons. The van der Waals surface area contributed by atoms with Crippen LogP contribution in [-0.2, 0) is 4.79 Å². The smallest absolute Gasteiger partial charge is 0.254 e. The van der Waals surface area contributed by atoms with E-state index in [1.807, 2.05) is 43.3 Å². The van der Waals surface area contributed by atoms with Gasteiger partial charge >= 0.3 is 0 Å². The summed E-state index contributed by atoms with van der Waals surface area (Å²) in [6.07, 6.45) is 1.72. The molecule has 1 N–H and O–H groups in total. The van der Waals surface area contributed by atoms with Crippen molar-refractivity contribution in [3.05, 3.63) is 70.2 Å². The van der Waals surface area contributed by atoms with Crippen molar-refractivity contribution in [2.24, 2.45) is 0 Å². The Morgan fingerprint density at radius 1 is 1.20 bits per heavy atom. The van der Waals surface area contributed by atoms with E-state index < -0.39 is 12.0 Å². The second-order valence-corrected chi connectivity index (χ2v) is 8.54. The normalized spacial score (nSPS) is 19.5. The number of hydrogen-bond donors (Lipinski definition) is 1. The van der Waals surface area contributed by atoms with Gasteiger partial charge in [0.1, 0.15) is 0 Å². The molecule has 1 aromatic heterocycles. The van der Waals surface area contributed by atoms with E-state index in [0.29, 0.717) is 27.8 Å². The van der Waals surface area contributed by atoms with Gasteiger partial charge in [-0.25, -0.2) is 4.98 Å². The fraction of sp³-hybridized carbons (Fsp3) is 0.227. The molecule has 30 heavy (non-hydrogen) atoms. The Morgan fingerprint density at radius 2 is 2.00 bits per heavy atom. The average molecular weight is 421 g/mol. The van der Waals surface area contributed by atoms with Crippen LogP contribution in [0.15, 0.2) is 48.7 Å². The van der Waals surface area contributed by atoms with Gasteiger partial charge in [0, 0.05) is 23.7 Å². The summed E-state index contributed by atoms with van der Waals surface area (Å²) in [5.74, 6) is 0.333. The molecule has 7 nitrogen and oxygen atoms in total. The molecule has 0 unspecified atom stereocenters. The van der Waals surface area contributed by atoms with Gasteiger partial charge in [0.25, 0.3) is 5.91 Å². The number of aromatic nitrogens is 1. The highest BCUT2D eigenvalue weighted by Gasteiger charge is 2.43. The Labute approximate surface area is 177 Å². The van der Waals surface area contributed by atoms with Crippen LogP contribution in [-0.4, -0.2) is 35.5 Å². The van der Waals surface area contributed by atoms with Crippen molar-refractivity contribution >= 4 is 28.3 Å². The van der Waals surface area contributed by atoms with Gasteiger partial charge in [-0.05, 0) is 36.2 Å². The van der Waals surface area contributed by atoms with Crippen LogP contribution >= 0.6 is 11.3 Å². The van der Waals surface area contributed by atoms with Crippen LogP contribution in [0, 0.1) is 6.92 Å². The molecule has 0 saturated heterocycles. The Bertz CT molecular complexity index is 1160. The van der Waals surface area contributed by atoms with Crippen molar-refractivity contribution in [1.29, 1.82) is 0 Å². The lowest BCUT2D eigenvalue weighted by Crippen LogP contribution is -2.44. The first-order chi connectivity index (χ1) is 14.5. The van der Waals surface area contributed by atoms with Crippen LogP contribution in [0.1, 0.15) is 38.3 Å². The van der Waals surface area contributed by atoms with Gasteiger partial charge < -0.3 is 19.7 Å². The molecule has 0 aliphatic carbocycles. The molecule has 8 heteroatoms. The van der Waals surface area contributed by atoms with Crippen molar-refractivity contribution in [2.45, 2.75) is 18.9 Å². The SMILES string of the molecule is Cc1cnc(NC(=O)[C@H]2c3ccccc3C(=O)N(C)[C@H]2c2ccc3c(c2)OCO3)s1. The topological polar surface area (TPSA) is 80.8 Å². The molecule has 3 heterocycles. The number of aryl methyl sites for hydroxylation is 1. The number of carbonyl (C=O) groups is 2. The van der Waals surface area contributed by atoms with Gasteiger partial charge in [0.05, 0.1) is 12.0 Å². The summed E-state index contributed by atoms with van der Waals surface area (Å²) in [4.78, 5) is 33.4. The summed E-state index contributed by atoms with van der Waals surface area (Å²) >= 11 is 1.42. The van der Waals surface area contributed by atoms with Crippen molar-refractivity contribution in [3.63, 3.8) is 0 Å². The number of amides is 2. The van der Waals surface area contributed by atoms with Gasteiger partial charge in [-0.1, -0.05) is 24.3 Å². The minimum absolute atomic E-state index is 0.123. The Balaban J connectivity index is 1.61. The first-order valence-corrected chi connectivity index (χ1v) is 10.3. The third-order valence-corrected chi connectivity index (χ3v) is 6.28. The lowest BCUT2D eigenvalue weighted by atomic mass is 9.79. The van der Waals surface area contributed by atoms with Crippen LogP contribution in [0.5, 0.6) is 11.5 Å². The predicted molar refractivity (Wildman–Crippen MR) is 112 cm³/mol. The van der Waals surface area contributed by atoms with Crippen LogP contribution in [0.3, 0.4) is 0 Å². The summed E-state index contributed by atoms with van der Waals surface area (Å²) in [7, 11) is 1.72. The number of anilines is 1. The standard InChI is InChI=1S/C22H19N3O4S/c1-12-10-23-22(30-12)24-20(26)18-14-5-3-4-6-15(14)21(27)25(2)19(18)13-7-8-16-17(9-13)29-11-28-16/h3-10,18-19H,11H2,1-2H3,(H,23,24,26)/t18-,19-/m0/s1. The lowest BCUT2D eigenvalue weighted by molar-refractivity contribution is -0.119. The molecule has 2 aliphatic heterocycles. The van der Waals surface area contributed by atoms with E-state index >= 15 is 0 Å². The number of ether oxygens (including phenoxy) is 2. The van der Waals surface area contributed by atoms with Crippen molar-refractivity contribution in [2.75, 3.05) is 19.2 Å². The zero-order valence-electron chi connectivity index (χ0n) is 16.4. The molecule has 2 aromatic carbocycles. The minimum atomic E-state index is -0.603. The molecule has 0 saturated carbocycles. The molecule has 0 spiro atoms. The van der Waals surface area contributed by atoms with E-state index in [4.69, 9.17) is 9.47 Å². The average Bonchev–Trinajstić information content (AvgIpc) is 3.38. The number of thiazole rings is 1. The summed E-state index contributed by atoms with van der Waals surface area (Å²) in [5, 5.41) is 3.48. The van der Waals surface area contributed by atoms with E-state index in [-0.39, 0.29) is 18.6 Å². The maximum atomic E-state index is 13.5. The second-order valence-electron chi connectivity index (χ2n) is 7.30. The van der Waals surface area contributed by atoms with Gasteiger partial charge in [-0.3, -0.25) is 9.59 Å². The van der Waals surface area contributed by atoms with E-state index in [1.54, 1.807) is 24.2 Å². The second kappa shape index (κ2) is 7.14. The third kappa shape index (κ3) is 3.00. The number of nitrogens with one attached hydrogen (secondary N) is 1. The van der Waals surface area contributed by atoms with E-state index in [2.05, 4.69) is 10.3 Å². The number of benzene rings is 2. The fourth-order valence-corrected chi connectivity index (χ4v) is 4.73. The van der Waals surface area contributed by atoms with Crippen molar-refractivity contribution in [1.82, 2.24) is 9.88 Å². The zero-order chi connectivity index (χ0) is 20.8. The highest BCUT2D eigenvalue weighted by atomic mass is 32.1. The van der Waals surface area contributed by atoms with Crippen LogP contribution < -0.4 is 14.8 Å². The van der Waals surface area contributed by atoms with Crippen LogP contribution in [0.2, 0.25) is 0 Å². The number of hydrogen-bond acceptors (Lipinski definition) is 6. The van der Waals surface area contributed by atoms with Crippen molar-refractivity contribution in [3.8, 4) is 11.5 Å². The quantitative estimate of drug-likeness (QED) is 0.697. The molecular formula is C22H19N3O4S. The Morgan fingerprint density at radius 3 is 2.80 bits per heavy atom. The first-order valence-electron chi connectivity index (χ1n) is 9.52. The van der Waals surface area contributed by atoms with Gasteiger partial charge in [-0.15, -0.1) is 11.3 Å². The summed E-state index contributed by atoms with van der Waals surface area (Å²) in [6.45, 7) is 2.10. The number of likely N-dealkylation sites (N-methyl/N-ethyl adjacent to an activating group) is 1. The Hall–Kier alpha value is -3.39. The molecule has 3 aromatic rings. The molecule has 0 bridgehead atoms. The molecular weight excluding hydrogens is 402 g/mol. The summed E-state index contributed by atoms with van der Waals surface area (Å²) in [5.41, 5.74) is 2.04. The zero-order valence-corrected chi connectivity index (χ0v) is 17.2. The predicted octanol–water partition coefficient (Wildman–Crippen LogP) is 3.73. The van der Waals surface area contributed by atoms with Gasteiger partial charge in [0.2, 0.25) is 12.7 Å². The largest absolute Gasteiger partial charge is 0.454 e. The monoisotopic (exact) mass is 421 g/mol. The third-order valence-electron chi connectivity index (χ3n) is 5.45. The first kappa shape index (κ1) is 18.6. The Kier molecular flexibility index (Phi) is 4.43. The van der Waals surface area contributed by atoms with Crippen molar-refractivity contribution < 1.29 is 19.1 Å². The lowest BCUT2D eigenvalue weighted by Gasteiger charge is -2.39. The van der Waals surface area contributed by atoms with E-state index in [1.165, 1.54) is 11.3 Å². The van der Waals surface area contributed by atoms with Gasteiger partial charge in [-0.2, -0.15) is 0 Å². The number of carbonyl (C=O) groups excluding carboxylic acids is 2.